The summed E-state index contributed by atoms with van der Waals surface area (Å²) in [4.78, 5) is 0.0444. The first-order valence-corrected chi connectivity index (χ1v) is 8.11. The molecule has 1 fully saturated rings. The van der Waals surface area contributed by atoms with E-state index in [1.807, 2.05) is 13.8 Å². The maximum absolute atomic E-state index is 12.6. The fourth-order valence-electron chi connectivity index (χ4n) is 2.15. The first-order chi connectivity index (χ1) is 8.82. The van der Waals surface area contributed by atoms with Gasteiger partial charge in [0.2, 0.25) is 10.0 Å². The zero-order valence-corrected chi connectivity index (χ0v) is 13.0. The molecular weight excluding hydrogens is 309 g/mol. The fourth-order valence-corrected chi connectivity index (χ4v) is 4.48. The highest BCUT2D eigenvalue weighted by atomic mass is 35.5. The number of halogens is 2. The maximum atomic E-state index is 12.6. The minimum atomic E-state index is -3.64. The number of benzene rings is 1. The molecule has 2 atom stereocenters. The molecular formula is C12H15Cl2NO3S. The standard InChI is InChI=1S/C12H15Cl2NO3S/c1-8-6-15(7-9(2)18-8)19(16,17)11-5-3-4-10(13)12(11)14/h3-5,8-9H,6-7H2,1-2H3. The smallest absolute Gasteiger partial charge is 0.244 e. The largest absolute Gasteiger partial charge is 0.373 e. The van der Waals surface area contributed by atoms with E-state index >= 15 is 0 Å². The number of ether oxygens (including phenoxy) is 1. The zero-order valence-electron chi connectivity index (χ0n) is 10.6. The average molecular weight is 324 g/mol. The van der Waals surface area contributed by atoms with E-state index in [1.54, 1.807) is 12.1 Å². The Bertz CT molecular complexity index is 566. The molecule has 7 heteroatoms. The van der Waals surface area contributed by atoms with Gasteiger partial charge in [0.1, 0.15) is 4.90 Å². The van der Waals surface area contributed by atoms with Crippen molar-refractivity contribution in [3.63, 3.8) is 0 Å². The molecule has 1 saturated heterocycles. The lowest BCUT2D eigenvalue weighted by atomic mass is 10.3. The second-order valence-electron chi connectivity index (χ2n) is 4.63. The Morgan fingerprint density at radius 3 is 2.37 bits per heavy atom. The van der Waals surface area contributed by atoms with Crippen molar-refractivity contribution in [3.05, 3.63) is 28.2 Å². The van der Waals surface area contributed by atoms with Gasteiger partial charge in [-0.2, -0.15) is 4.31 Å². The van der Waals surface area contributed by atoms with E-state index in [2.05, 4.69) is 0 Å². The lowest BCUT2D eigenvalue weighted by Gasteiger charge is -2.34. The summed E-state index contributed by atoms with van der Waals surface area (Å²) in [6.07, 6.45) is -0.284. The summed E-state index contributed by atoms with van der Waals surface area (Å²) in [5.74, 6) is 0. The van der Waals surface area contributed by atoms with Crippen molar-refractivity contribution in [1.29, 1.82) is 0 Å². The van der Waals surface area contributed by atoms with Crippen LogP contribution in [-0.2, 0) is 14.8 Å². The Kier molecular flexibility index (Phi) is 4.42. The van der Waals surface area contributed by atoms with Gasteiger partial charge in [-0.1, -0.05) is 29.3 Å². The Morgan fingerprint density at radius 1 is 1.21 bits per heavy atom. The van der Waals surface area contributed by atoms with Crippen molar-refractivity contribution in [2.45, 2.75) is 31.0 Å². The van der Waals surface area contributed by atoms with Crippen molar-refractivity contribution in [3.8, 4) is 0 Å². The van der Waals surface area contributed by atoms with Gasteiger partial charge in [-0.25, -0.2) is 8.42 Å². The Balaban J connectivity index is 2.39. The molecule has 0 aromatic heterocycles. The maximum Gasteiger partial charge on any atom is 0.244 e. The molecule has 1 heterocycles. The van der Waals surface area contributed by atoms with Gasteiger partial charge in [0.05, 0.1) is 22.3 Å². The van der Waals surface area contributed by atoms with Crippen LogP contribution in [0.5, 0.6) is 0 Å². The number of nitrogens with zero attached hydrogens (tertiary/aromatic N) is 1. The molecule has 2 rings (SSSR count). The van der Waals surface area contributed by atoms with E-state index in [1.165, 1.54) is 10.4 Å². The molecule has 4 nitrogen and oxygen atoms in total. The number of hydrogen-bond acceptors (Lipinski definition) is 3. The minimum Gasteiger partial charge on any atom is -0.373 e. The lowest BCUT2D eigenvalue weighted by Crippen LogP contribution is -2.48. The van der Waals surface area contributed by atoms with Crippen LogP contribution in [-0.4, -0.2) is 38.0 Å². The molecule has 1 aliphatic rings. The number of sulfonamides is 1. The van der Waals surface area contributed by atoms with Crippen molar-refractivity contribution in [2.24, 2.45) is 0 Å². The summed E-state index contributed by atoms with van der Waals surface area (Å²) < 4.78 is 32.1. The highest BCUT2D eigenvalue weighted by molar-refractivity contribution is 7.89. The molecule has 0 aliphatic carbocycles. The third-order valence-corrected chi connectivity index (χ3v) is 5.73. The molecule has 0 bridgehead atoms. The van der Waals surface area contributed by atoms with E-state index in [4.69, 9.17) is 27.9 Å². The number of hydrogen-bond donors (Lipinski definition) is 0. The van der Waals surface area contributed by atoms with Crippen LogP contribution in [0, 0.1) is 0 Å². The van der Waals surface area contributed by atoms with Gasteiger partial charge in [0.25, 0.3) is 0 Å². The molecule has 1 aliphatic heterocycles. The first kappa shape index (κ1) is 15.1. The molecule has 0 saturated carbocycles. The van der Waals surface area contributed by atoms with Crippen molar-refractivity contribution in [2.75, 3.05) is 13.1 Å². The third kappa shape index (κ3) is 3.06. The van der Waals surface area contributed by atoms with Crippen LogP contribution in [0.4, 0.5) is 0 Å². The monoisotopic (exact) mass is 323 g/mol. The van der Waals surface area contributed by atoms with Crippen LogP contribution in [0.3, 0.4) is 0 Å². The van der Waals surface area contributed by atoms with E-state index < -0.39 is 10.0 Å². The van der Waals surface area contributed by atoms with Gasteiger partial charge in [0.15, 0.2) is 0 Å². The summed E-state index contributed by atoms with van der Waals surface area (Å²) in [6.45, 7) is 4.32. The van der Waals surface area contributed by atoms with Crippen molar-refractivity contribution < 1.29 is 13.2 Å². The SMILES string of the molecule is CC1CN(S(=O)(=O)c2cccc(Cl)c2Cl)CC(C)O1. The molecule has 19 heavy (non-hydrogen) atoms. The van der Waals surface area contributed by atoms with Crippen LogP contribution in [0.25, 0.3) is 0 Å². The highest BCUT2D eigenvalue weighted by Gasteiger charge is 2.33. The predicted molar refractivity (Wildman–Crippen MR) is 75.2 cm³/mol. The van der Waals surface area contributed by atoms with Gasteiger partial charge in [-0.15, -0.1) is 0 Å². The molecule has 0 amide bonds. The van der Waals surface area contributed by atoms with Crippen LogP contribution in [0.2, 0.25) is 10.0 Å². The third-order valence-electron chi connectivity index (χ3n) is 2.92. The van der Waals surface area contributed by atoms with Crippen molar-refractivity contribution >= 4 is 33.2 Å². The summed E-state index contributed by atoms with van der Waals surface area (Å²) in [5.41, 5.74) is 0. The molecule has 2 unspecified atom stereocenters. The normalized spacial score (nSPS) is 25.5. The highest BCUT2D eigenvalue weighted by Crippen LogP contribution is 2.31. The van der Waals surface area contributed by atoms with Gasteiger partial charge in [-0.05, 0) is 26.0 Å². The van der Waals surface area contributed by atoms with Crippen LogP contribution < -0.4 is 0 Å². The Labute approximate surface area is 123 Å². The summed E-state index contributed by atoms with van der Waals surface area (Å²) >= 11 is 11.9. The minimum absolute atomic E-state index is 0.0444. The van der Waals surface area contributed by atoms with Gasteiger partial charge in [-0.3, -0.25) is 0 Å². The summed E-state index contributed by atoms with van der Waals surface area (Å²) in [5, 5.41) is 0.299. The van der Waals surface area contributed by atoms with Gasteiger partial charge in [0, 0.05) is 13.1 Å². The van der Waals surface area contributed by atoms with Crippen LogP contribution in [0.15, 0.2) is 23.1 Å². The van der Waals surface area contributed by atoms with Crippen LogP contribution >= 0.6 is 23.2 Å². The molecule has 106 valence electrons. The summed E-state index contributed by atoms with van der Waals surface area (Å²) in [6, 6.07) is 4.61. The average Bonchev–Trinajstić information content (AvgIpc) is 2.31. The van der Waals surface area contributed by atoms with E-state index in [-0.39, 0.29) is 27.1 Å². The second-order valence-corrected chi connectivity index (χ2v) is 7.32. The Hall–Kier alpha value is -0.330. The molecule has 0 radical (unpaired) electrons. The topological polar surface area (TPSA) is 46.6 Å². The molecule has 1 aromatic carbocycles. The van der Waals surface area contributed by atoms with Crippen molar-refractivity contribution in [1.82, 2.24) is 4.31 Å². The van der Waals surface area contributed by atoms with Gasteiger partial charge >= 0.3 is 0 Å². The number of morpholine rings is 1. The molecule has 0 spiro atoms. The fraction of sp³-hybridized carbons (Fsp3) is 0.500. The molecule has 0 N–H and O–H groups in total. The quantitative estimate of drug-likeness (QED) is 0.840. The molecule has 1 aromatic rings. The lowest BCUT2D eigenvalue weighted by molar-refractivity contribution is -0.0440. The Morgan fingerprint density at radius 2 is 1.79 bits per heavy atom. The zero-order chi connectivity index (χ0) is 14.2. The summed E-state index contributed by atoms with van der Waals surface area (Å²) in [7, 11) is -3.64. The number of rotatable bonds is 2. The van der Waals surface area contributed by atoms with Gasteiger partial charge < -0.3 is 4.74 Å². The predicted octanol–water partition coefficient (Wildman–Crippen LogP) is 2.79. The van der Waals surface area contributed by atoms with E-state index in [0.29, 0.717) is 13.1 Å². The van der Waals surface area contributed by atoms with E-state index in [9.17, 15) is 8.42 Å². The second kappa shape index (κ2) is 5.58. The van der Waals surface area contributed by atoms with E-state index in [0.717, 1.165) is 0 Å². The first-order valence-electron chi connectivity index (χ1n) is 5.92. The van der Waals surface area contributed by atoms with Crippen LogP contribution in [0.1, 0.15) is 13.8 Å².